The quantitative estimate of drug-likeness (QED) is 0.606. The number of aliphatic hydroxyl groups is 2. The third-order valence-electron chi connectivity index (χ3n) is 8.91. The first-order valence-corrected chi connectivity index (χ1v) is 13.0. The molecule has 3 saturated carbocycles. The Hall–Kier alpha value is -1.44. The van der Waals surface area contributed by atoms with Crippen molar-refractivity contribution >= 4 is 29.3 Å². The van der Waals surface area contributed by atoms with Crippen molar-refractivity contribution in [3.8, 4) is 0 Å². The molecule has 0 heterocycles. The monoisotopic (exact) mass is 462 g/mol. The lowest BCUT2D eigenvalue weighted by atomic mass is 9.45. The van der Waals surface area contributed by atoms with Crippen LogP contribution in [0.3, 0.4) is 0 Å². The van der Waals surface area contributed by atoms with Gasteiger partial charge >= 0.3 is 5.97 Å². The van der Waals surface area contributed by atoms with Crippen molar-refractivity contribution in [1.29, 1.82) is 0 Å². The number of thioether (sulfide) groups is 1. The zero-order valence-corrected chi connectivity index (χ0v) is 20.1. The van der Waals surface area contributed by atoms with Crippen LogP contribution >= 0.6 is 11.8 Å². The average molecular weight is 463 g/mol. The van der Waals surface area contributed by atoms with Crippen LogP contribution in [0.2, 0.25) is 0 Å². The number of carbonyl (C=O) groups is 3. The molecule has 6 nitrogen and oxygen atoms in total. The molecule has 7 heteroatoms. The molecule has 0 radical (unpaired) electrons. The lowest BCUT2D eigenvalue weighted by Crippen LogP contribution is -2.58. The van der Waals surface area contributed by atoms with E-state index in [2.05, 4.69) is 20.8 Å². The van der Waals surface area contributed by atoms with Gasteiger partial charge in [0, 0.05) is 17.3 Å². The number of esters is 1. The number of carbonyl (C=O) groups excluding carboxylic acids is 3. The van der Waals surface area contributed by atoms with Crippen LogP contribution in [0, 0.1) is 40.4 Å². The number of ether oxygens (including phenoxy) is 1. The first-order valence-electron chi connectivity index (χ1n) is 11.6. The maximum absolute atomic E-state index is 12.8. The summed E-state index contributed by atoms with van der Waals surface area (Å²) in [5, 5.41) is 21.0. The summed E-state index contributed by atoms with van der Waals surface area (Å²) in [6.45, 7) is 5.83. The lowest BCUT2D eigenvalue weighted by molar-refractivity contribution is -0.144. The van der Waals surface area contributed by atoms with Gasteiger partial charge in [0.1, 0.15) is 6.61 Å². The minimum absolute atomic E-state index is 0.0587. The average Bonchev–Trinajstić information content (AvgIpc) is 3.05. The smallest absolute Gasteiger partial charge is 0.321 e. The molecule has 0 spiro atoms. The molecule has 4 aliphatic rings. The number of aliphatic hydroxyl groups excluding tert-OH is 2. The van der Waals surface area contributed by atoms with E-state index in [4.69, 9.17) is 4.74 Å². The van der Waals surface area contributed by atoms with Gasteiger partial charge in [-0.2, -0.15) is 11.8 Å². The Bertz CT molecular complexity index is 893. The van der Waals surface area contributed by atoms with Gasteiger partial charge in [0.15, 0.2) is 11.5 Å². The van der Waals surface area contributed by atoms with E-state index in [1.54, 1.807) is 18.4 Å². The minimum Gasteiger partial charge on any atom is -0.422 e. The highest BCUT2D eigenvalue weighted by molar-refractivity contribution is 7.99. The van der Waals surface area contributed by atoms with Crippen LogP contribution < -0.4 is 0 Å². The maximum atomic E-state index is 12.8. The molecule has 4 rings (SSSR count). The third kappa shape index (κ3) is 3.51. The highest BCUT2D eigenvalue weighted by atomic mass is 32.2. The molecule has 4 aliphatic carbocycles. The molecular formula is C25H34O6S. The van der Waals surface area contributed by atoms with Crippen molar-refractivity contribution in [2.75, 3.05) is 18.6 Å². The largest absolute Gasteiger partial charge is 0.422 e. The van der Waals surface area contributed by atoms with Gasteiger partial charge in [-0.15, -0.1) is 0 Å². The van der Waals surface area contributed by atoms with E-state index in [1.165, 1.54) is 11.8 Å². The molecule has 32 heavy (non-hydrogen) atoms. The molecule has 0 aliphatic heterocycles. The standard InChI is InChI=1S/C25H34O6S/c1-13-7-14-15-5-6-16(20(29)11-26)24(15,2)9-19(28)23(14)25(3)10-21(18(27)8-17(13)25)31-22(30)12-32-4/h8,10,13-16,19,23,26,28H,5-7,9,11-12H2,1-4H3/t13-,14-,15-,16+,19-,23+,24-,25-/m0/s1. The number of ketones is 2. The van der Waals surface area contributed by atoms with Crippen molar-refractivity contribution in [2.45, 2.75) is 52.6 Å². The summed E-state index contributed by atoms with van der Waals surface area (Å²) < 4.78 is 5.43. The second kappa shape index (κ2) is 8.41. The number of hydrogen-bond acceptors (Lipinski definition) is 7. The van der Waals surface area contributed by atoms with Crippen LogP contribution in [-0.4, -0.2) is 52.5 Å². The molecule has 8 atom stereocenters. The Morgan fingerprint density at radius 1 is 1.28 bits per heavy atom. The van der Waals surface area contributed by atoms with Crippen LogP contribution in [0.15, 0.2) is 23.5 Å². The zero-order valence-electron chi connectivity index (χ0n) is 19.3. The predicted molar refractivity (Wildman–Crippen MR) is 122 cm³/mol. The van der Waals surface area contributed by atoms with Gasteiger partial charge in [-0.05, 0) is 67.3 Å². The molecule has 0 aromatic carbocycles. The van der Waals surface area contributed by atoms with E-state index in [1.807, 2.05) is 0 Å². The number of hydrogen-bond donors (Lipinski definition) is 2. The van der Waals surface area contributed by atoms with E-state index >= 15 is 0 Å². The number of allylic oxidation sites excluding steroid dienone is 3. The summed E-state index contributed by atoms with van der Waals surface area (Å²) in [5.74, 6) is -0.372. The SMILES string of the molecule is CSCC(=O)OC1=C[C@@]2(C)C(=CC1=O)[C@@H](C)C[C@@H]1[C@@H]2[C@@H](O)C[C@]2(C)[C@@H](C(=O)CO)CC[C@@H]12. The number of rotatable bonds is 5. The molecule has 0 unspecified atom stereocenters. The van der Waals surface area contributed by atoms with Crippen molar-refractivity contribution in [2.24, 2.45) is 40.4 Å². The van der Waals surface area contributed by atoms with E-state index in [9.17, 15) is 24.6 Å². The number of Topliss-reactive ketones (excluding diaryl/α,β-unsaturated/α-hetero) is 1. The molecule has 3 fully saturated rings. The normalized spacial score (nSPS) is 42.9. The Balaban J connectivity index is 1.72. The number of fused-ring (bicyclic) bond motifs is 5. The van der Waals surface area contributed by atoms with Gasteiger partial charge in [0.05, 0.1) is 11.9 Å². The minimum atomic E-state index is -0.651. The van der Waals surface area contributed by atoms with Crippen LogP contribution in [0.4, 0.5) is 0 Å². The summed E-state index contributed by atoms with van der Waals surface area (Å²) in [4.78, 5) is 37.3. The highest BCUT2D eigenvalue weighted by Gasteiger charge is 2.63. The van der Waals surface area contributed by atoms with E-state index < -0.39 is 24.1 Å². The van der Waals surface area contributed by atoms with Crippen molar-refractivity contribution in [1.82, 2.24) is 0 Å². The van der Waals surface area contributed by atoms with E-state index in [0.717, 1.165) is 24.8 Å². The lowest BCUT2D eigenvalue weighted by Gasteiger charge is -2.60. The van der Waals surface area contributed by atoms with Crippen LogP contribution in [0.25, 0.3) is 0 Å². The predicted octanol–water partition coefficient (Wildman–Crippen LogP) is 2.92. The van der Waals surface area contributed by atoms with Crippen molar-refractivity contribution in [3.63, 3.8) is 0 Å². The van der Waals surface area contributed by atoms with Gasteiger partial charge < -0.3 is 14.9 Å². The fraction of sp³-hybridized carbons (Fsp3) is 0.720. The van der Waals surface area contributed by atoms with Crippen molar-refractivity contribution < 1.29 is 29.3 Å². The van der Waals surface area contributed by atoms with Crippen LogP contribution in [0.5, 0.6) is 0 Å². The Kier molecular flexibility index (Phi) is 6.23. The van der Waals surface area contributed by atoms with Crippen molar-refractivity contribution in [3.05, 3.63) is 23.5 Å². The summed E-state index contributed by atoms with van der Waals surface area (Å²) in [7, 11) is 0. The first kappa shape index (κ1) is 23.7. The Morgan fingerprint density at radius 2 is 2.00 bits per heavy atom. The molecule has 0 aromatic rings. The Morgan fingerprint density at radius 3 is 2.66 bits per heavy atom. The maximum Gasteiger partial charge on any atom is 0.321 e. The second-order valence-corrected chi connectivity index (χ2v) is 11.5. The molecule has 2 N–H and O–H groups in total. The highest BCUT2D eigenvalue weighted by Crippen LogP contribution is 2.67. The first-order chi connectivity index (χ1) is 15.1. The summed E-state index contributed by atoms with van der Waals surface area (Å²) in [5.41, 5.74) is 0.0713. The van der Waals surface area contributed by atoms with Gasteiger partial charge in [0.2, 0.25) is 5.78 Å². The molecule has 176 valence electrons. The molecule has 0 amide bonds. The molecule has 0 bridgehead atoms. The fourth-order valence-corrected chi connectivity index (χ4v) is 8.10. The van der Waals surface area contributed by atoms with E-state index in [-0.39, 0.29) is 58.1 Å². The van der Waals surface area contributed by atoms with E-state index in [0.29, 0.717) is 6.42 Å². The van der Waals surface area contributed by atoms with Gasteiger partial charge in [-0.25, -0.2) is 0 Å². The molecular weight excluding hydrogens is 428 g/mol. The third-order valence-corrected chi connectivity index (χ3v) is 9.44. The van der Waals surface area contributed by atoms with Crippen LogP contribution in [-0.2, 0) is 19.1 Å². The second-order valence-electron chi connectivity index (χ2n) is 10.6. The summed E-state index contributed by atoms with van der Waals surface area (Å²) in [6, 6.07) is 0. The van der Waals surface area contributed by atoms with Gasteiger partial charge in [-0.1, -0.05) is 26.3 Å². The van der Waals surface area contributed by atoms with Crippen LogP contribution in [0.1, 0.15) is 46.5 Å². The summed E-state index contributed by atoms with van der Waals surface area (Å²) in [6.07, 6.45) is 7.56. The summed E-state index contributed by atoms with van der Waals surface area (Å²) >= 11 is 1.34. The van der Waals surface area contributed by atoms with Gasteiger partial charge in [-0.3, -0.25) is 14.4 Å². The molecule has 0 aromatic heterocycles. The fourth-order valence-electron chi connectivity index (χ4n) is 7.81. The van der Waals surface area contributed by atoms with Gasteiger partial charge in [0.25, 0.3) is 0 Å². The topological polar surface area (TPSA) is 101 Å². The Labute approximate surface area is 193 Å². The zero-order chi connectivity index (χ0) is 23.4. The molecule has 0 saturated heterocycles.